The Morgan fingerprint density at radius 2 is 1.44 bits per heavy atom. The van der Waals surface area contributed by atoms with Crippen molar-refractivity contribution in [2.24, 2.45) is 5.73 Å². The lowest BCUT2D eigenvalue weighted by Crippen LogP contribution is -2.31. The summed E-state index contributed by atoms with van der Waals surface area (Å²) in [7, 11) is 1.63. The highest BCUT2D eigenvalue weighted by atomic mass is 16.5. The lowest BCUT2D eigenvalue weighted by atomic mass is 10.2. The maximum Gasteiger partial charge on any atom is 0.219 e. The van der Waals surface area contributed by atoms with Crippen molar-refractivity contribution in [3.63, 3.8) is 0 Å². The molecule has 0 aliphatic rings. The number of nitrogens with two attached hydrogens (primary N) is 1. The van der Waals surface area contributed by atoms with Crippen molar-refractivity contribution < 1.29 is 19.0 Å². The average Bonchev–Trinajstić information content (AvgIpc) is 2.70. The number of hydrogen-bond donors (Lipinski definition) is 1. The van der Waals surface area contributed by atoms with E-state index in [1.54, 1.807) is 7.11 Å². The van der Waals surface area contributed by atoms with Gasteiger partial charge < -0.3 is 24.8 Å². The molecule has 6 heteroatoms. The minimum atomic E-state index is -0.322. The van der Waals surface area contributed by atoms with Crippen LogP contribution in [0.4, 0.5) is 5.69 Å². The van der Waals surface area contributed by atoms with Gasteiger partial charge in [0.2, 0.25) is 5.91 Å². The van der Waals surface area contributed by atoms with E-state index in [4.69, 9.17) is 19.9 Å². The number of hydrogen-bond acceptors (Lipinski definition) is 5. The monoisotopic (exact) mass is 372 g/mol. The fraction of sp³-hybridized carbons (Fsp3) is 0.381. The highest BCUT2D eigenvalue weighted by Crippen LogP contribution is 2.20. The predicted octanol–water partition coefficient (Wildman–Crippen LogP) is 3.24. The third-order valence-corrected chi connectivity index (χ3v) is 3.99. The van der Waals surface area contributed by atoms with E-state index in [-0.39, 0.29) is 12.3 Å². The van der Waals surface area contributed by atoms with Crippen LogP contribution >= 0.6 is 0 Å². The summed E-state index contributed by atoms with van der Waals surface area (Å²) in [6, 6.07) is 15.3. The zero-order chi connectivity index (χ0) is 19.5. The van der Waals surface area contributed by atoms with Crippen LogP contribution < -0.4 is 24.8 Å². The van der Waals surface area contributed by atoms with Gasteiger partial charge in [0.1, 0.15) is 23.9 Å². The minimum Gasteiger partial charge on any atom is -0.497 e. The van der Waals surface area contributed by atoms with Crippen molar-refractivity contribution in [1.29, 1.82) is 0 Å². The van der Waals surface area contributed by atoms with E-state index >= 15 is 0 Å². The van der Waals surface area contributed by atoms with Crippen LogP contribution in [0.25, 0.3) is 0 Å². The van der Waals surface area contributed by atoms with Crippen LogP contribution in [0.2, 0.25) is 0 Å². The number of methoxy groups -OCH3 is 1. The van der Waals surface area contributed by atoms with Gasteiger partial charge in [-0.25, -0.2) is 0 Å². The predicted molar refractivity (Wildman–Crippen MR) is 107 cm³/mol. The number of anilines is 1. The molecule has 0 heterocycles. The average molecular weight is 372 g/mol. The molecule has 2 N–H and O–H groups in total. The van der Waals surface area contributed by atoms with Crippen molar-refractivity contribution in [2.45, 2.75) is 19.8 Å². The Kier molecular flexibility index (Phi) is 8.29. The highest BCUT2D eigenvalue weighted by molar-refractivity contribution is 5.74. The van der Waals surface area contributed by atoms with Crippen LogP contribution in [0.3, 0.4) is 0 Å². The zero-order valence-electron chi connectivity index (χ0n) is 16.0. The summed E-state index contributed by atoms with van der Waals surface area (Å²) in [5.41, 5.74) is 6.29. The van der Waals surface area contributed by atoms with Crippen molar-refractivity contribution in [3.05, 3.63) is 48.5 Å². The topological polar surface area (TPSA) is 74.0 Å². The second-order valence-corrected chi connectivity index (χ2v) is 6.07. The number of primary amides is 1. The number of carbonyl (C=O) groups excluding carboxylic acids is 1. The third-order valence-electron chi connectivity index (χ3n) is 3.99. The molecule has 2 aromatic carbocycles. The lowest BCUT2D eigenvalue weighted by molar-refractivity contribution is -0.117. The van der Waals surface area contributed by atoms with Crippen molar-refractivity contribution in [2.75, 3.05) is 38.3 Å². The van der Waals surface area contributed by atoms with E-state index < -0.39 is 0 Å². The lowest BCUT2D eigenvalue weighted by Gasteiger charge is -2.24. The Bertz CT molecular complexity index is 686. The molecule has 0 radical (unpaired) electrons. The first-order chi connectivity index (χ1) is 13.1. The van der Waals surface area contributed by atoms with E-state index in [1.807, 2.05) is 48.5 Å². The van der Waals surface area contributed by atoms with Gasteiger partial charge in [-0.05, 0) is 55.0 Å². The van der Waals surface area contributed by atoms with E-state index in [1.165, 1.54) is 0 Å². The van der Waals surface area contributed by atoms with E-state index in [2.05, 4.69) is 11.8 Å². The molecular formula is C21H28N2O4. The molecule has 2 rings (SSSR count). The molecule has 27 heavy (non-hydrogen) atoms. The highest BCUT2D eigenvalue weighted by Gasteiger charge is 2.09. The Balaban J connectivity index is 1.91. The Labute approximate surface area is 160 Å². The quantitative estimate of drug-likeness (QED) is 0.619. The van der Waals surface area contributed by atoms with Gasteiger partial charge in [-0.15, -0.1) is 0 Å². The molecule has 0 aromatic heterocycles. The van der Waals surface area contributed by atoms with E-state index in [0.29, 0.717) is 26.3 Å². The molecule has 0 aliphatic heterocycles. The molecule has 0 spiro atoms. The Morgan fingerprint density at radius 3 is 1.96 bits per heavy atom. The number of rotatable bonds is 12. The normalized spacial score (nSPS) is 10.3. The van der Waals surface area contributed by atoms with Gasteiger partial charge in [-0.3, -0.25) is 4.79 Å². The molecule has 0 atom stereocenters. The fourth-order valence-electron chi connectivity index (χ4n) is 2.53. The molecule has 0 aliphatic carbocycles. The Morgan fingerprint density at radius 1 is 0.889 bits per heavy atom. The van der Waals surface area contributed by atoms with Gasteiger partial charge in [0.25, 0.3) is 0 Å². The van der Waals surface area contributed by atoms with Gasteiger partial charge in [0, 0.05) is 18.7 Å². The maximum atomic E-state index is 11.2. The van der Waals surface area contributed by atoms with Crippen molar-refractivity contribution >= 4 is 11.6 Å². The number of benzene rings is 2. The summed E-state index contributed by atoms with van der Waals surface area (Å²) in [5.74, 6) is 2.08. The van der Waals surface area contributed by atoms with Crippen molar-refractivity contribution in [3.8, 4) is 17.2 Å². The molecule has 0 saturated heterocycles. The van der Waals surface area contributed by atoms with Crippen LogP contribution in [0.15, 0.2) is 48.5 Å². The molecule has 0 unspecified atom stereocenters. The summed E-state index contributed by atoms with van der Waals surface area (Å²) in [5, 5.41) is 0. The zero-order valence-corrected chi connectivity index (χ0v) is 16.0. The molecule has 6 nitrogen and oxygen atoms in total. The third kappa shape index (κ3) is 7.09. The second kappa shape index (κ2) is 11.0. The summed E-state index contributed by atoms with van der Waals surface area (Å²) < 4.78 is 16.6. The molecule has 0 saturated carbocycles. The summed E-state index contributed by atoms with van der Waals surface area (Å²) in [4.78, 5) is 13.2. The van der Waals surface area contributed by atoms with Crippen LogP contribution in [-0.4, -0.2) is 39.3 Å². The first-order valence-electron chi connectivity index (χ1n) is 9.15. The standard InChI is InChI=1S/C21H28N2O4/c1-3-15-26-19-8-10-20(11-9-19)27-16-14-23(13-12-21(22)24)17-4-6-18(25-2)7-5-17/h4-11H,3,12-16H2,1-2H3,(H2,22,24). The molecule has 1 amide bonds. The summed E-state index contributed by atoms with van der Waals surface area (Å²) in [6.07, 6.45) is 1.26. The van der Waals surface area contributed by atoms with Crippen molar-refractivity contribution in [1.82, 2.24) is 0 Å². The number of carbonyl (C=O) groups is 1. The second-order valence-electron chi connectivity index (χ2n) is 6.07. The van der Waals surface area contributed by atoms with Crippen LogP contribution in [0.1, 0.15) is 19.8 Å². The maximum absolute atomic E-state index is 11.2. The van der Waals surface area contributed by atoms with E-state index in [9.17, 15) is 4.79 Å². The summed E-state index contributed by atoms with van der Waals surface area (Å²) in [6.45, 7) is 4.43. The van der Waals surface area contributed by atoms with Gasteiger partial charge in [-0.2, -0.15) is 0 Å². The fourth-order valence-corrected chi connectivity index (χ4v) is 2.53. The molecular weight excluding hydrogens is 344 g/mol. The summed E-state index contributed by atoms with van der Waals surface area (Å²) >= 11 is 0. The minimum absolute atomic E-state index is 0.287. The van der Waals surface area contributed by atoms with E-state index in [0.717, 1.165) is 29.4 Å². The number of nitrogens with zero attached hydrogens (tertiary/aromatic N) is 1. The molecule has 0 bridgehead atoms. The van der Waals surface area contributed by atoms with Gasteiger partial charge in [0.15, 0.2) is 0 Å². The smallest absolute Gasteiger partial charge is 0.219 e. The molecule has 146 valence electrons. The van der Waals surface area contributed by atoms with Gasteiger partial charge in [0.05, 0.1) is 20.3 Å². The SMILES string of the molecule is CCCOc1ccc(OCCN(CCC(N)=O)c2ccc(OC)cc2)cc1. The number of ether oxygens (including phenoxy) is 3. The molecule has 2 aromatic rings. The Hall–Kier alpha value is -2.89. The first kappa shape index (κ1) is 20.4. The van der Waals surface area contributed by atoms with Gasteiger partial charge in [-0.1, -0.05) is 6.92 Å². The molecule has 0 fully saturated rings. The first-order valence-corrected chi connectivity index (χ1v) is 9.15. The largest absolute Gasteiger partial charge is 0.497 e. The number of amides is 1. The van der Waals surface area contributed by atoms with Crippen LogP contribution in [-0.2, 0) is 4.79 Å². The van der Waals surface area contributed by atoms with Crippen LogP contribution in [0, 0.1) is 0 Å². The van der Waals surface area contributed by atoms with Gasteiger partial charge >= 0.3 is 0 Å². The van der Waals surface area contributed by atoms with Crippen LogP contribution in [0.5, 0.6) is 17.2 Å².